The summed E-state index contributed by atoms with van der Waals surface area (Å²) in [4.78, 5) is 0. The van der Waals surface area contributed by atoms with Gasteiger partial charge in [0, 0.05) is 0 Å². The van der Waals surface area contributed by atoms with Gasteiger partial charge in [-0.2, -0.15) is 0 Å². The van der Waals surface area contributed by atoms with Gasteiger partial charge in [-0.25, -0.2) is 0 Å². The zero-order chi connectivity index (χ0) is 29.5. The van der Waals surface area contributed by atoms with Crippen LogP contribution in [0.15, 0.2) is 176 Å². The van der Waals surface area contributed by atoms with Crippen molar-refractivity contribution >= 4 is 0 Å². The van der Waals surface area contributed by atoms with Gasteiger partial charge in [-0.3, -0.25) is 0 Å². The number of aryl methyl sites for hydroxylation is 1. The maximum Gasteiger partial charge on any atom is 0.0714 e. The largest absolute Gasteiger partial charge is 0.0714 e. The van der Waals surface area contributed by atoms with Crippen LogP contribution in [0.4, 0.5) is 0 Å². The molecule has 0 saturated heterocycles. The molecular formula is C44H32. The molecule has 0 fully saturated rings. The number of hydrogen-bond donors (Lipinski definition) is 0. The summed E-state index contributed by atoms with van der Waals surface area (Å²) in [6.07, 6.45) is 0. The Morgan fingerprint density at radius 1 is 0.318 bits per heavy atom. The third kappa shape index (κ3) is 4.22. The van der Waals surface area contributed by atoms with Crippen LogP contribution in [0.5, 0.6) is 0 Å². The van der Waals surface area contributed by atoms with E-state index in [1.54, 1.807) is 0 Å². The molecule has 0 amide bonds. The Morgan fingerprint density at radius 2 is 0.682 bits per heavy atom. The van der Waals surface area contributed by atoms with Gasteiger partial charge in [-0.1, -0.05) is 169 Å². The van der Waals surface area contributed by atoms with E-state index < -0.39 is 5.41 Å². The molecule has 1 aliphatic carbocycles. The summed E-state index contributed by atoms with van der Waals surface area (Å²) >= 11 is 0. The molecule has 0 saturated carbocycles. The van der Waals surface area contributed by atoms with Crippen molar-refractivity contribution in [2.45, 2.75) is 12.3 Å². The molecule has 7 aromatic carbocycles. The molecule has 1 aliphatic rings. The van der Waals surface area contributed by atoms with Gasteiger partial charge in [-0.15, -0.1) is 0 Å². The molecule has 0 heteroatoms. The Balaban J connectivity index is 1.42. The van der Waals surface area contributed by atoms with Crippen LogP contribution in [0.25, 0.3) is 44.5 Å². The van der Waals surface area contributed by atoms with Crippen LogP contribution in [0.1, 0.15) is 27.8 Å². The highest BCUT2D eigenvalue weighted by atomic mass is 14.5. The van der Waals surface area contributed by atoms with Crippen molar-refractivity contribution < 1.29 is 0 Å². The first-order chi connectivity index (χ1) is 21.7. The minimum absolute atomic E-state index is 0.479. The van der Waals surface area contributed by atoms with E-state index in [9.17, 15) is 0 Å². The second-order valence-electron chi connectivity index (χ2n) is 11.8. The van der Waals surface area contributed by atoms with E-state index in [2.05, 4.69) is 183 Å². The van der Waals surface area contributed by atoms with Crippen LogP contribution in [0.3, 0.4) is 0 Å². The topological polar surface area (TPSA) is 0 Å². The number of benzene rings is 7. The van der Waals surface area contributed by atoms with Gasteiger partial charge in [0.1, 0.15) is 0 Å². The average molecular weight is 561 g/mol. The standard InChI is InChI=1S/C44H32/c1-31-17-19-34(20-18-31)35-21-25-39(26-22-35)44(38-15-9-4-10-16-38)42-29-36(32-11-5-2-6-12-32)23-27-40(42)41-28-24-37(30-43(41)44)33-13-7-3-8-14-33/h2-30H,1H3. The van der Waals surface area contributed by atoms with Crippen molar-refractivity contribution in [3.05, 3.63) is 204 Å². The highest BCUT2D eigenvalue weighted by Crippen LogP contribution is 2.57. The van der Waals surface area contributed by atoms with Gasteiger partial charge < -0.3 is 0 Å². The highest BCUT2D eigenvalue weighted by molar-refractivity contribution is 5.90. The molecule has 0 heterocycles. The number of fused-ring (bicyclic) bond motifs is 3. The molecule has 208 valence electrons. The van der Waals surface area contributed by atoms with Crippen LogP contribution in [0, 0.1) is 6.92 Å². The van der Waals surface area contributed by atoms with E-state index >= 15 is 0 Å². The Bertz CT molecular complexity index is 1980. The van der Waals surface area contributed by atoms with Crippen LogP contribution in [0.2, 0.25) is 0 Å². The summed E-state index contributed by atoms with van der Waals surface area (Å²) in [5.41, 5.74) is 16.0. The van der Waals surface area contributed by atoms with E-state index in [0.717, 1.165) is 0 Å². The van der Waals surface area contributed by atoms with E-state index in [4.69, 9.17) is 0 Å². The first-order valence-corrected chi connectivity index (χ1v) is 15.4. The molecule has 0 aliphatic heterocycles. The van der Waals surface area contributed by atoms with Gasteiger partial charge in [0.2, 0.25) is 0 Å². The quantitative estimate of drug-likeness (QED) is 0.196. The lowest BCUT2D eigenvalue weighted by atomic mass is 9.67. The first-order valence-electron chi connectivity index (χ1n) is 15.4. The predicted molar refractivity (Wildman–Crippen MR) is 185 cm³/mol. The minimum Gasteiger partial charge on any atom is -0.0622 e. The zero-order valence-electron chi connectivity index (χ0n) is 24.7. The maximum absolute atomic E-state index is 2.44. The normalized spacial score (nSPS) is 12.8. The minimum atomic E-state index is -0.479. The second kappa shape index (κ2) is 10.7. The summed E-state index contributed by atoms with van der Waals surface area (Å²) in [7, 11) is 0. The third-order valence-electron chi connectivity index (χ3n) is 9.26. The molecule has 0 atom stereocenters. The van der Waals surface area contributed by atoms with Gasteiger partial charge in [0.15, 0.2) is 0 Å². The molecule has 8 rings (SSSR count). The summed E-state index contributed by atoms with van der Waals surface area (Å²) in [6.45, 7) is 2.14. The summed E-state index contributed by atoms with van der Waals surface area (Å²) in [6, 6.07) is 64.8. The monoisotopic (exact) mass is 560 g/mol. The fourth-order valence-corrected chi connectivity index (χ4v) is 7.08. The molecule has 0 spiro atoms. The van der Waals surface area contributed by atoms with Crippen LogP contribution >= 0.6 is 0 Å². The summed E-state index contributed by atoms with van der Waals surface area (Å²) in [5, 5.41) is 0. The maximum atomic E-state index is 2.44. The molecule has 0 N–H and O–H groups in total. The van der Waals surface area contributed by atoms with Crippen molar-refractivity contribution in [1.82, 2.24) is 0 Å². The van der Waals surface area contributed by atoms with Gasteiger partial charge in [0.25, 0.3) is 0 Å². The van der Waals surface area contributed by atoms with Crippen LogP contribution in [-0.2, 0) is 5.41 Å². The van der Waals surface area contributed by atoms with Gasteiger partial charge >= 0.3 is 0 Å². The lowest BCUT2D eigenvalue weighted by molar-refractivity contribution is 0.769. The van der Waals surface area contributed by atoms with E-state index in [1.807, 2.05) is 0 Å². The lowest BCUT2D eigenvalue weighted by Crippen LogP contribution is -2.28. The van der Waals surface area contributed by atoms with Crippen molar-refractivity contribution in [1.29, 1.82) is 0 Å². The van der Waals surface area contributed by atoms with Crippen molar-refractivity contribution in [3.8, 4) is 44.5 Å². The molecule has 0 unspecified atom stereocenters. The Kier molecular flexibility index (Phi) is 6.35. The van der Waals surface area contributed by atoms with Crippen molar-refractivity contribution in [3.63, 3.8) is 0 Å². The highest BCUT2D eigenvalue weighted by Gasteiger charge is 2.46. The van der Waals surface area contributed by atoms with E-state index in [0.29, 0.717) is 0 Å². The van der Waals surface area contributed by atoms with Crippen LogP contribution in [-0.4, -0.2) is 0 Å². The summed E-state index contributed by atoms with van der Waals surface area (Å²) in [5.74, 6) is 0. The van der Waals surface area contributed by atoms with Gasteiger partial charge in [0.05, 0.1) is 5.41 Å². The van der Waals surface area contributed by atoms with Crippen molar-refractivity contribution in [2.24, 2.45) is 0 Å². The Hall–Kier alpha value is -5.46. The van der Waals surface area contributed by atoms with E-state index in [1.165, 1.54) is 72.3 Å². The SMILES string of the molecule is Cc1ccc(-c2ccc(C3(c4ccccc4)c4cc(-c5ccccc5)ccc4-c4ccc(-c5ccccc5)cc43)cc2)cc1. The first kappa shape index (κ1) is 26.2. The van der Waals surface area contributed by atoms with Gasteiger partial charge in [-0.05, 0) is 85.8 Å². The smallest absolute Gasteiger partial charge is 0.0622 e. The molecule has 7 aromatic rings. The zero-order valence-corrected chi connectivity index (χ0v) is 24.7. The third-order valence-corrected chi connectivity index (χ3v) is 9.26. The Morgan fingerprint density at radius 3 is 1.16 bits per heavy atom. The van der Waals surface area contributed by atoms with E-state index in [-0.39, 0.29) is 0 Å². The van der Waals surface area contributed by atoms with Crippen LogP contribution < -0.4 is 0 Å². The molecule has 0 nitrogen and oxygen atoms in total. The molecule has 0 bridgehead atoms. The number of hydrogen-bond acceptors (Lipinski definition) is 0. The Labute approximate surface area is 259 Å². The average Bonchev–Trinajstić information content (AvgIpc) is 3.39. The van der Waals surface area contributed by atoms with Crippen molar-refractivity contribution in [2.75, 3.05) is 0 Å². The molecule has 0 radical (unpaired) electrons. The fraction of sp³-hybridized carbons (Fsp3) is 0.0455. The molecule has 44 heavy (non-hydrogen) atoms. The second-order valence-corrected chi connectivity index (χ2v) is 11.8. The molecule has 0 aromatic heterocycles. The molecular weight excluding hydrogens is 528 g/mol. The lowest BCUT2D eigenvalue weighted by Gasteiger charge is -2.34. The predicted octanol–water partition coefficient (Wildman–Crippen LogP) is 11.4. The number of rotatable bonds is 5. The fourth-order valence-electron chi connectivity index (χ4n) is 7.08. The summed E-state index contributed by atoms with van der Waals surface area (Å²) < 4.78 is 0.